The molecule has 2 aromatic heterocycles. The Morgan fingerprint density at radius 2 is 1.85 bits per heavy atom. The fourth-order valence-corrected chi connectivity index (χ4v) is 3.15. The minimum absolute atomic E-state index is 0.122. The van der Waals surface area contributed by atoms with E-state index in [4.69, 9.17) is 0 Å². The van der Waals surface area contributed by atoms with E-state index >= 15 is 0 Å². The number of aryl methyl sites for hydroxylation is 1. The molecule has 0 bridgehead atoms. The van der Waals surface area contributed by atoms with Gasteiger partial charge in [0, 0.05) is 18.9 Å². The number of alkyl halides is 3. The Bertz CT molecular complexity index is 1000. The van der Waals surface area contributed by atoms with Crippen LogP contribution in [0, 0.1) is 6.92 Å². The van der Waals surface area contributed by atoms with Crippen molar-refractivity contribution in [2.24, 2.45) is 0 Å². The van der Waals surface area contributed by atoms with Gasteiger partial charge in [0.2, 0.25) is 0 Å². The third-order valence-corrected chi connectivity index (χ3v) is 4.60. The molecular weight excluding hydrogens is 369 g/mol. The molecule has 2 heterocycles. The van der Waals surface area contributed by atoms with E-state index in [0.29, 0.717) is 22.4 Å². The lowest BCUT2D eigenvalue weighted by Gasteiger charge is -2.04. The van der Waals surface area contributed by atoms with E-state index in [1.165, 1.54) is 6.92 Å². The van der Waals surface area contributed by atoms with Crippen LogP contribution >= 0.6 is 11.3 Å². The largest absolute Gasteiger partial charge is 0.455 e. The summed E-state index contributed by atoms with van der Waals surface area (Å²) in [4.78, 5) is 34.9. The number of carbonyl (C=O) groups is 2. The Labute approximate surface area is 149 Å². The van der Waals surface area contributed by atoms with Crippen molar-refractivity contribution < 1.29 is 22.8 Å². The van der Waals surface area contributed by atoms with Crippen LogP contribution in [0.25, 0.3) is 11.0 Å². The van der Waals surface area contributed by atoms with Gasteiger partial charge in [-0.05, 0) is 24.6 Å². The van der Waals surface area contributed by atoms with Crippen molar-refractivity contribution in [2.75, 3.05) is 0 Å². The molecule has 0 fully saturated rings. The predicted molar refractivity (Wildman–Crippen MR) is 87.9 cm³/mol. The van der Waals surface area contributed by atoms with E-state index in [2.05, 4.69) is 20.3 Å². The minimum atomic E-state index is -5.00. The lowest BCUT2D eigenvalue weighted by molar-refractivity contribution is -0.0883. The summed E-state index contributed by atoms with van der Waals surface area (Å²) in [6, 6.07) is 5.24. The van der Waals surface area contributed by atoms with Gasteiger partial charge in [0.25, 0.3) is 11.7 Å². The zero-order valence-corrected chi connectivity index (χ0v) is 14.1. The molecule has 1 aromatic carbocycles. The van der Waals surface area contributed by atoms with Crippen LogP contribution in [0.1, 0.15) is 30.7 Å². The molecule has 0 aliphatic carbocycles. The van der Waals surface area contributed by atoms with Crippen molar-refractivity contribution in [3.8, 4) is 0 Å². The summed E-state index contributed by atoms with van der Waals surface area (Å²) >= 11 is 0.425. The fourth-order valence-electron chi connectivity index (χ4n) is 2.21. The average Bonchev–Trinajstić information content (AvgIpc) is 2.99. The van der Waals surface area contributed by atoms with Crippen LogP contribution in [0.3, 0.4) is 0 Å². The van der Waals surface area contributed by atoms with Crippen molar-refractivity contribution in [1.82, 2.24) is 20.3 Å². The molecule has 0 radical (unpaired) electrons. The monoisotopic (exact) mass is 380 g/mol. The number of aromatic nitrogens is 3. The first-order valence-electron chi connectivity index (χ1n) is 7.32. The van der Waals surface area contributed by atoms with E-state index in [-0.39, 0.29) is 17.2 Å². The molecule has 0 aliphatic heterocycles. The Morgan fingerprint density at radius 1 is 1.15 bits per heavy atom. The molecule has 10 heteroatoms. The zero-order chi connectivity index (χ0) is 18.9. The van der Waals surface area contributed by atoms with Gasteiger partial charge in [0.05, 0.1) is 16.7 Å². The summed E-state index contributed by atoms with van der Waals surface area (Å²) in [7, 11) is 0. The molecule has 6 nitrogen and oxygen atoms in total. The van der Waals surface area contributed by atoms with Crippen LogP contribution in [0.5, 0.6) is 0 Å². The van der Waals surface area contributed by atoms with E-state index < -0.39 is 22.7 Å². The molecule has 0 unspecified atom stereocenters. The topological polar surface area (TPSA) is 84.8 Å². The van der Waals surface area contributed by atoms with Crippen LogP contribution in [0.4, 0.5) is 13.2 Å². The molecule has 1 amide bonds. The summed E-state index contributed by atoms with van der Waals surface area (Å²) in [6.45, 7) is 1.39. The number of amides is 1. The van der Waals surface area contributed by atoms with Crippen LogP contribution in [-0.2, 0) is 6.54 Å². The van der Waals surface area contributed by atoms with Gasteiger partial charge in [-0.15, -0.1) is 11.3 Å². The summed E-state index contributed by atoms with van der Waals surface area (Å²) < 4.78 is 37.6. The SMILES string of the molecule is Cc1nc(C(=O)NCc2ccc3nccnc3c2)sc1C(=O)C(F)(F)F. The molecular formula is C16H11F3N4O2S. The number of nitrogens with one attached hydrogen (secondary N) is 1. The highest BCUT2D eigenvalue weighted by atomic mass is 32.1. The van der Waals surface area contributed by atoms with E-state index in [0.717, 1.165) is 5.56 Å². The second-order valence-corrected chi connectivity index (χ2v) is 6.32. The molecule has 3 aromatic rings. The summed E-state index contributed by atoms with van der Waals surface area (Å²) in [5, 5.41) is 2.37. The zero-order valence-electron chi connectivity index (χ0n) is 13.3. The average molecular weight is 380 g/mol. The Balaban J connectivity index is 1.73. The van der Waals surface area contributed by atoms with Crippen molar-refractivity contribution in [3.63, 3.8) is 0 Å². The van der Waals surface area contributed by atoms with E-state index in [1.54, 1.807) is 30.6 Å². The number of fused-ring (bicyclic) bond motifs is 1. The molecule has 3 rings (SSSR count). The maximum absolute atomic E-state index is 12.5. The summed E-state index contributed by atoms with van der Waals surface area (Å²) in [5.74, 6) is -2.65. The summed E-state index contributed by atoms with van der Waals surface area (Å²) in [6.07, 6.45) is -1.90. The number of hydrogen-bond donors (Lipinski definition) is 1. The number of halogens is 3. The van der Waals surface area contributed by atoms with Gasteiger partial charge in [-0.25, -0.2) is 4.98 Å². The minimum Gasteiger partial charge on any atom is -0.346 e. The Hall–Kier alpha value is -2.88. The third-order valence-electron chi connectivity index (χ3n) is 3.44. The van der Waals surface area contributed by atoms with Crippen LogP contribution in [-0.4, -0.2) is 32.8 Å². The maximum Gasteiger partial charge on any atom is 0.455 e. The van der Waals surface area contributed by atoms with E-state index in [1.807, 2.05) is 0 Å². The second kappa shape index (κ2) is 6.79. The molecule has 26 heavy (non-hydrogen) atoms. The van der Waals surface area contributed by atoms with Crippen molar-refractivity contribution in [3.05, 3.63) is 51.7 Å². The Kier molecular flexibility index (Phi) is 4.68. The fraction of sp³-hybridized carbons (Fsp3) is 0.188. The van der Waals surface area contributed by atoms with Gasteiger partial charge in [-0.3, -0.25) is 19.6 Å². The first-order chi connectivity index (χ1) is 12.3. The van der Waals surface area contributed by atoms with Gasteiger partial charge in [-0.2, -0.15) is 13.2 Å². The smallest absolute Gasteiger partial charge is 0.346 e. The Morgan fingerprint density at radius 3 is 2.54 bits per heavy atom. The van der Waals surface area contributed by atoms with Gasteiger partial charge in [0.15, 0.2) is 5.01 Å². The lowest BCUT2D eigenvalue weighted by Crippen LogP contribution is -2.23. The van der Waals surface area contributed by atoms with Crippen LogP contribution in [0.15, 0.2) is 30.6 Å². The normalized spacial score (nSPS) is 11.5. The third kappa shape index (κ3) is 3.69. The maximum atomic E-state index is 12.5. The molecule has 0 spiro atoms. The number of nitrogens with zero attached hydrogens (tertiary/aromatic N) is 3. The summed E-state index contributed by atoms with van der Waals surface area (Å²) in [5.41, 5.74) is 1.98. The van der Waals surface area contributed by atoms with Crippen molar-refractivity contribution >= 4 is 34.1 Å². The number of rotatable bonds is 4. The highest BCUT2D eigenvalue weighted by Gasteiger charge is 2.41. The van der Waals surface area contributed by atoms with Gasteiger partial charge < -0.3 is 5.32 Å². The lowest BCUT2D eigenvalue weighted by atomic mass is 10.2. The van der Waals surface area contributed by atoms with Crippen molar-refractivity contribution in [1.29, 1.82) is 0 Å². The number of thiazole rings is 1. The number of benzene rings is 1. The highest BCUT2D eigenvalue weighted by molar-refractivity contribution is 7.15. The molecule has 0 atom stereocenters. The quantitative estimate of drug-likeness (QED) is 0.703. The number of Topliss-reactive ketones (excluding diaryl/α,β-unsaturated/α-hetero) is 1. The predicted octanol–water partition coefficient (Wildman–Crippen LogP) is 3.07. The molecule has 0 saturated heterocycles. The van der Waals surface area contributed by atoms with E-state index in [9.17, 15) is 22.8 Å². The highest BCUT2D eigenvalue weighted by Crippen LogP contribution is 2.27. The molecule has 0 saturated carbocycles. The number of carbonyl (C=O) groups excluding carboxylic acids is 2. The van der Waals surface area contributed by atoms with Crippen LogP contribution in [0.2, 0.25) is 0 Å². The molecule has 0 aliphatic rings. The van der Waals surface area contributed by atoms with Gasteiger partial charge in [0.1, 0.15) is 4.88 Å². The first kappa shape index (κ1) is 17.9. The molecule has 1 N–H and O–H groups in total. The molecule has 134 valence electrons. The van der Waals surface area contributed by atoms with Gasteiger partial charge in [-0.1, -0.05) is 6.07 Å². The standard InChI is InChI=1S/C16H11F3N4O2S/c1-8-12(13(24)16(17,18)19)26-15(23-8)14(25)22-7-9-2-3-10-11(6-9)21-5-4-20-10/h2-6H,7H2,1H3,(H,22,25). The van der Waals surface area contributed by atoms with Crippen molar-refractivity contribution in [2.45, 2.75) is 19.6 Å². The second-order valence-electron chi connectivity index (χ2n) is 5.32. The first-order valence-corrected chi connectivity index (χ1v) is 8.14. The number of hydrogen-bond acceptors (Lipinski definition) is 6. The van der Waals surface area contributed by atoms with Gasteiger partial charge >= 0.3 is 6.18 Å². The van der Waals surface area contributed by atoms with Crippen LogP contribution < -0.4 is 5.32 Å². The number of ketones is 1.